The lowest BCUT2D eigenvalue weighted by Gasteiger charge is -2.17. The minimum Gasteiger partial charge on any atom is -0.338 e. The van der Waals surface area contributed by atoms with Gasteiger partial charge in [-0.1, -0.05) is 0 Å². The molecule has 0 aliphatic carbocycles. The lowest BCUT2D eigenvalue weighted by Crippen LogP contribution is -2.31. The van der Waals surface area contributed by atoms with Gasteiger partial charge in [0.1, 0.15) is 5.82 Å². The summed E-state index contributed by atoms with van der Waals surface area (Å²) in [6.45, 7) is 3.48. The second-order valence-electron chi connectivity index (χ2n) is 5.34. The zero-order chi connectivity index (χ0) is 15.4. The van der Waals surface area contributed by atoms with Crippen molar-refractivity contribution in [2.45, 2.75) is 13.3 Å². The third-order valence-electron chi connectivity index (χ3n) is 3.58. The van der Waals surface area contributed by atoms with Crippen LogP contribution >= 0.6 is 0 Å². The number of carbonyl (C=O) groups is 2. The Morgan fingerprint density at radius 1 is 1.43 bits per heavy atom. The van der Waals surface area contributed by atoms with Gasteiger partial charge in [0.2, 0.25) is 5.91 Å². The van der Waals surface area contributed by atoms with Crippen molar-refractivity contribution < 1.29 is 14.0 Å². The SMILES string of the molecule is CNCC1CCN(C(=O)c2cc(NC(C)=O)ccc2F)C1. The van der Waals surface area contributed by atoms with Crippen molar-refractivity contribution in [3.05, 3.63) is 29.6 Å². The van der Waals surface area contributed by atoms with Gasteiger partial charge in [-0.25, -0.2) is 4.39 Å². The first-order valence-electron chi connectivity index (χ1n) is 7.02. The number of halogens is 1. The van der Waals surface area contributed by atoms with Gasteiger partial charge in [0.05, 0.1) is 5.56 Å². The summed E-state index contributed by atoms with van der Waals surface area (Å²) in [4.78, 5) is 25.1. The first-order chi connectivity index (χ1) is 10.0. The van der Waals surface area contributed by atoms with E-state index in [1.807, 2.05) is 7.05 Å². The number of amides is 2. The molecule has 1 saturated heterocycles. The molecule has 114 valence electrons. The maximum Gasteiger partial charge on any atom is 0.256 e. The quantitative estimate of drug-likeness (QED) is 0.883. The van der Waals surface area contributed by atoms with Crippen LogP contribution in [0.4, 0.5) is 10.1 Å². The first-order valence-corrected chi connectivity index (χ1v) is 7.02. The minimum absolute atomic E-state index is 0.00589. The summed E-state index contributed by atoms with van der Waals surface area (Å²) in [5.41, 5.74) is 0.435. The van der Waals surface area contributed by atoms with E-state index in [0.29, 0.717) is 24.7 Å². The topological polar surface area (TPSA) is 61.4 Å². The predicted molar refractivity (Wildman–Crippen MR) is 78.6 cm³/mol. The number of benzene rings is 1. The van der Waals surface area contributed by atoms with Gasteiger partial charge in [0.15, 0.2) is 0 Å². The molecular weight excluding hydrogens is 273 g/mol. The molecule has 1 unspecified atom stereocenters. The van der Waals surface area contributed by atoms with E-state index in [4.69, 9.17) is 0 Å². The lowest BCUT2D eigenvalue weighted by atomic mass is 10.1. The van der Waals surface area contributed by atoms with E-state index < -0.39 is 5.82 Å². The second kappa shape index (κ2) is 6.67. The van der Waals surface area contributed by atoms with Crippen molar-refractivity contribution in [3.8, 4) is 0 Å². The molecule has 1 aliphatic rings. The van der Waals surface area contributed by atoms with Crippen molar-refractivity contribution in [2.75, 3.05) is 32.0 Å². The summed E-state index contributed by atoms with van der Waals surface area (Å²) in [6.07, 6.45) is 0.916. The molecule has 0 aromatic heterocycles. The normalized spacial score (nSPS) is 17.9. The Labute approximate surface area is 123 Å². The Balaban J connectivity index is 2.13. The third-order valence-corrected chi connectivity index (χ3v) is 3.58. The molecule has 2 rings (SSSR count). The van der Waals surface area contributed by atoms with Crippen LogP contribution in [0.1, 0.15) is 23.7 Å². The molecule has 0 saturated carbocycles. The number of likely N-dealkylation sites (tertiary alicyclic amines) is 1. The van der Waals surface area contributed by atoms with Gasteiger partial charge in [-0.05, 0) is 44.1 Å². The maximum absolute atomic E-state index is 13.9. The van der Waals surface area contributed by atoms with Gasteiger partial charge >= 0.3 is 0 Å². The van der Waals surface area contributed by atoms with Crippen LogP contribution in [0, 0.1) is 11.7 Å². The lowest BCUT2D eigenvalue weighted by molar-refractivity contribution is -0.114. The average Bonchev–Trinajstić information content (AvgIpc) is 2.89. The molecule has 1 aliphatic heterocycles. The number of hydrogen-bond acceptors (Lipinski definition) is 3. The number of carbonyl (C=O) groups excluding carboxylic acids is 2. The molecule has 2 N–H and O–H groups in total. The van der Waals surface area contributed by atoms with Gasteiger partial charge in [-0.15, -0.1) is 0 Å². The van der Waals surface area contributed by atoms with Crippen LogP contribution in [-0.4, -0.2) is 43.4 Å². The fraction of sp³-hybridized carbons (Fsp3) is 0.467. The van der Waals surface area contributed by atoms with E-state index in [1.54, 1.807) is 4.90 Å². The number of hydrogen-bond donors (Lipinski definition) is 2. The van der Waals surface area contributed by atoms with E-state index >= 15 is 0 Å². The summed E-state index contributed by atoms with van der Waals surface area (Å²) >= 11 is 0. The van der Waals surface area contributed by atoms with Gasteiger partial charge in [-0.3, -0.25) is 9.59 Å². The Morgan fingerprint density at radius 2 is 2.19 bits per heavy atom. The zero-order valence-electron chi connectivity index (χ0n) is 12.3. The standard InChI is InChI=1S/C15H20FN3O2/c1-10(20)18-12-3-4-14(16)13(7-12)15(21)19-6-5-11(9-19)8-17-2/h3-4,7,11,17H,5-6,8-9H2,1-2H3,(H,18,20). The number of nitrogens with zero attached hydrogens (tertiary/aromatic N) is 1. The molecule has 1 aromatic carbocycles. The summed E-state index contributed by atoms with van der Waals surface area (Å²) < 4.78 is 13.9. The molecule has 1 heterocycles. The predicted octanol–water partition coefficient (Wildman–Crippen LogP) is 1.47. The van der Waals surface area contributed by atoms with Crippen LogP contribution < -0.4 is 10.6 Å². The van der Waals surface area contributed by atoms with Crippen LogP contribution in [0.25, 0.3) is 0 Å². The monoisotopic (exact) mass is 293 g/mol. The second-order valence-corrected chi connectivity index (χ2v) is 5.34. The van der Waals surface area contributed by atoms with Crippen LogP contribution in [0.15, 0.2) is 18.2 Å². The largest absolute Gasteiger partial charge is 0.338 e. The third kappa shape index (κ3) is 3.78. The molecule has 1 fully saturated rings. The van der Waals surface area contributed by atoms with E-state index in [0.717, 1.165) is 13.0 Å². The van der Waals surface area contributed by atoms with Crippen molar-refractivity contribution in [1.29, 1.82) is 0 Å². The van der Waals surface area contributed by atoms with Gasteiger partial charge in [0.25, 0.3) is 5.91 Å². The summed E-state index contributed by atoms with van der Waals surface area (Å²) in [6, 6.07) is 4.05. The fourth-order valence-corrected chi connectivity index (χ4v) is 2.61. The van der Waals surface area contributed by atoms with Gasteiger partial charge in [-0.2, -0.15) is 0 Å². The Hall–Kier alpha value is -1.95. The maximum atomic E-state index is 13.9. The van der Waals surface area contributed by atoms with Crippen LogP contribution in [0.5, 0.6) is 0 Å². The summed E-state index contributed by atoms with van der Waals surface area (Å²) in [5, 5.41) is 5.65. The van der Waals surface area contributed by atoms with Crippen molar-refractivity contribution in [3.63, 3.8) is 0 Å². The molecular formula is C15H20FN3O2. The number of rotatable bonds is 4. The molecule has 0 bridgehead atoms. The molecule has 1 atom stereocenters. The van der Waals surface area contributed by atoms with Crippen LogP contribution in [0.2, 0.25) is 0 Å². The van der Waals surface area contributed by atoms with Gasteiger partial charge < -0.3 is 15.5 Å². The summed E-state index contributed by atoms with van der Waals surface area (Å²) in [7, 11) is 1.88. The van der Waals surface area contributed by atoms with Crippen molar-refractivity contribution in [1.82, 2.24) is 10.2 Å². The molecule has 0 radical (unpaired) electrons. The van der Waals surface area contributed by atoms with Crippen molar-refractivity contribution in [2.24, 2.45) is 5.92 Å². The minimum atomic E-state index is -0.564. The Kier molecular flexibility index (Phi) is 4.90. The van der Waals surface area contributed by atoms with E-state index in [2.05, 4.69) is 10.6 Å². The highest BCUT2D eigenvalue weighted by Crippen LogP contribution is 2.21. The zero-order valence-corrected chi connectivity index (χ0v) is 12.3. The Morgan fingerprint density at radius 3 is 2.86 bits per heavy atom. The Bertz CT molecular complexity index is 548. The van der Waals surface area contributed by atoms with E-state index in [1.165, 1.54) is 25.1 Å². The first kappa shape index (κ1) is 15.4. The molecule has 5 nitrogen and oxygen atoms in total. The number of nitrogens with one attached hydrogen (secondary N) is 2. The molecule has 2 amide bonds. The number of anilines is 1. The fourth-order valence-electron chi connectivity index (χ4n) is 2.61. The summed E-state index contributed by atoms with van der Waals surface area (Å²) in [5.74, 6) is -0.736. The van der Waals surface area contributed by atoms with Crippen LogP contribution in [-0.2, 0) is 4.79 Å². The molecule has 1 aromatic rings. The smallest absolute Gasteiger partial charge is 0.256 e. The molecule has 0 spiro atoms. The van der Waals surface area contributed by atoms with Crippen molar-refractivity contribution >= 4 is 17.5 Å². The highest BCUT2D eigenvalue weighted by molar-refractivity contribution is 5.97. The highest BCUT2D eigenvalue weighted by Gasteiger charge is 2.28. The average molecular weight is 293 g/mol. The molecule has 21 heavy (non-hydrogen) atoms. The highest BCUT2D eigenvalue weighted by atomic mass is 19.1. The van der Waals surface area contributed by atoms with Gasteiger partial charge in [0, 0.05) is 25.7 Å². The molecule has 6 heteroatoms. The van der Waals surface area contributed by atoms with E-state index in [9.17, 15) is 14.0 Å². The van der Waals surface area contributed by atoms with Crippen LogP contribution in [0.3, 0.4) is 0 Å². The van der Waals surface area contributed by atoms with E-state index in [-0.39, 0.29) is 17.4 Å².